The number of nitrogens with one attached hydrogen (secondary N) is 1. The number of aryl methyl sites for hydroxylation is 1. The van der Waals surface area contributed by atoms with Crippen LogP contribution in [-0.2, 0) is 10.3 Å². The number of primary amides is 1. The Balaban J connectivity index is 1.48. The van der Waals surface area contributed by atoms with Crippen LogP contribution in [0.25, 0.3) is 22.3 Å². The van der Waals surface area contributed by atoms with E-state index in [1.54, 1.807) is 0 Å². The Kier molecular flexibility index (Phi) is 5.75. The van der Waals surface area contributed by atoms with Gasteiger partial charge in [-0.15, -0.1) is 0 Å². The molecule has 2 aromatic carbocycles. The van der Waals surface area contributed by atoms with E-state index in [-0.39, 0.29) is 5.69 Å². The molecule has 0 atom stereocenters. The van der Waals surface area contributed by atoms with Crippen molar-refractivity contribution < 1.29 is 9.53 Å². The average Bonchev–Trinajstić information content (AvgIpc) is 3.29. The SMILES string of the molecule is Cc1cccc(-c2[nH]nc3nc(N4CCC(OC(N)=O)(c5ccccc5)CC4)nc(C#N)c23)c1Cl. The Morgan fingerprint density at radius 3 is 2.60 bits per heavy atom. The van der Waals surface area contributed by atoms with Crippen molar-refractivity contribution in [2.75, 3.05) is 18.0 Å². The first kappa shape index (κ1) is 22.6. The molecule has 0 unspecified atom stereocenters. The number of nitrogens with zero attached hydrogens (tertiary/aromatic N) is 5. The smallest absolute Gasteiger partial charge is 0.405 e. The van der Waals surface area contributed by atoms with E-state index in [9.17, 15) is 10.1 Å². The van der Waals surface area contributed by atoms with Crippen molar-refractivity contribution in [3.63, 3.8) is 0 Å². The molecule has 0 aliphatic carbocycles. The second-order valence-electron chi connectivity index (χ2n) is 8.49. The van der Waals surface area contributed by atoms with Crippen LogP contribution in [0.4, 0.5) is 10.7 Å². The zero-order valence-corrected chi connectivity index (χ0v) is 19.7. The van der Waals surface area contributed by atoms with E-state index in [0.29, 0.717) is 53.6 Å². The van der Waals surface area contributed by atoms with Gasteiger partial charge >= 0.3 is 6.09 Å². The van der Waals surface area contributed by atoms with Crippen LogP contribution in [0, 0.1) is 18.3 Å². The maximum atomic E-state index is 11.7. The lowest BCUT2D eigenvalue weighted by Crippen LogP contribution is -2.46. The first-order valence-electron chi connectivity index (χ1n) is 11.1. The molecule has 0 radical (unpaired) electrons. The number of aromatic amines is 1. The van der Waals surface area contributed by atoms with Gasteiger partial charge in [0.1, 0.15) is 11.7 Å². The number of nitrogens with two attached hydrogens (primary N) is 1. The van der Waals surface area contributed by atoms with Gasteiger partial charge < -0.3 is 15.4 Å². The van der Waals surface area contributed by atoms with Crippen molar-refractivity contribution in [1.29, 1.82) is 5.26 Å². The Morgan fingerprint density at radius 1 is 1.17 bits per heavy atom. The molecule has 5 rings (SSSR count). The van der Waals surface area contributed by atoms with Crippen LogP contribution < -0.4 is 10.6 Å². The maximum Gasteiger partial charge on any atom is 0.405 e. The average molecular weight is 488 g/mol. The Bertz CT molecular complexity index is 1450. The van der Waals surface area contributed by atoms with E-state index in [0.717, 1.165) is 16.7 Å². The van der Waals surface area contributed by atoms with Crippen LogP contribution in [0.2, 0.25) is 5.02 Å². The van der Waals surface area contributed by atoms with E-state index in [2.05, 4.69) is 26.2 Å². The first-order valence-corrected chi connectivity index (χ1v) is 11.5. The van der Waals surface area contributed by atoms with Crippen molar-refractivity contribution in [3.8, 4) is 17.3 Å². The third kappa shape index (κ3) is 4.02. The zero-order valence-electron chi connectivity index (χ0n) is 19.0. The number of hydrogen-bond acceptors (Lipinski definition) is 7. The van der Waals surface area contributed by atoms with Crippen LogP contribution in [0.5, 0.6) is 0 Å². The summed E-state index contributed by atoms with van der Waals surface area (Å²) in [6.07, 6.45) is 0.174. The van der Waals surface area contributed by atoms with Crippen molar-refractivity contribution >= 4 is 34.7 Å². The van der Waals surface area contributed by atoms with Crippen molar-refractivity contribution in [3.05, 3.63) is 70.4 Å². The van der Waals surface area contributed by atoms with Gasteiger partial charge in [0.2, 0.25) is 5.95 Å². The molecule has 176 valence electrons. The van der Waals surface area contributed by atoms with E-state index in [1.165, 1.54) is 0 Å². The summed E-state index contributed by atoms with van der Waals surface area (Å²) < 4.78 is 5.63. The third-order valence-corrected chi connectivity index (χ3v) is 6.92. The van der Waals surface area contributed by atoms with Crippen LogP contribution in [-0.4, -0.2) is 39.3 Å². The molecule has 1 aliphatic rings. The number of rotatable bonds is 4. The molecule has 2 aromatic heterocycles. The number of anilines is 1. The Hall–Kier alpha value is -4.16. The fourth-order valence-corrected chi connectivity index (χ4v) is 4.84. The monoisotopic (exact) mass is 487 g/mol. The first-order chi connectivity index (χ1) is 16.9. The highest BCUT2D eigenvalue weighted by Crippen LogP contribution is 2.39. The number of carbonyl (C=O) groups excluding carboxylic acids is 1. The maximum absolute atomic E-state index is 11.7. The van der Waals surface area contributed by atoms with E-state index < -0.39 is 11.7 Å². The number of halogens is 1. The molecule has 0 saturated carbocycles. The van der Waals surface area contributed by atoms with Crippen molar-refractivity contribution in [2.24, 2.45) is 5.73 Å². The summed E-state index contributed by atoms with van der Waals surface area (Å²) in [4.78, 5) is 22.8. The molecule has 1 amide bonds. The van der Waals surface area contributed by atoms with Gasteiger partial charge in [0.15, 0.2) is 11.3 Å². The number of carbonyl (C=O) groups is 1. The molecule has 1 fully saturated rings. The van der Waals surface area contributed by atoms with Gasteiger partial charge in [0, 0.05) is 31.5 Å². The van der Waals surface area contributed by atoms with Gasteiger partial charge in [-0.25, -0.2) is 9.78 Å². The highest BCUT2D eigenvalue weighted by atomic mass is 35.5. The second-order valence-corrected chi connectivity index (χ2v) is 8.86. The van der Waals surface area contributed by atoms with Crippen LogP contribution >= 0.6 is 11.6 Å². The fraction of sp³-hybridized carbons (Fsp3) is 0.240. The summed E-state index contributed by atoms with van der Waals surface area (Å²) in [7, 11) is 0. The summed E-state index contributed by atoms with van der Waals surface area (Å²) in [5.41, 5.74) is 8.31. The number of benzene rings is 2. The van der Waals surface area contributed by atoms with Gasteiger partial charge in [-0.1, -0.05) is 60.1 Å². The molecule has 1 aliphatic heterocycles. The molecule has 9 nitrogen and oxygen atoms in total. The summed E-state index contributed by atoms with van der Waals surface area (Å²) in [5, 5.41) is 18.3. The minimum Gasteiger partial charge on any atom is -0.438 e. The lowest BCUT2D eigenvalue weighted by atomic mass is 9.84. The van der Waals surface area contributed by atoms with E-state index >= 15 is 0 Å². The molecule has 3 N–H and O–H groups in total. The molecule has 0 bridgehead atoms. The summed E-state index contributed by atoms with van der Waals surface area (Å²) in [6.45, 7) is 2.91. The van der Waals surface area contributed by atoms with Crippen LogP contribution in [0.3, 0.4) is 0 Å². The standard InChI is InChI=1S/C25H22ClN7O2/c1-15-6-5-9-17(20(15)26)21-19-18(14-27)29-24(30-22(19)32-31-21)33-12-10-25(11-13-33,35-23(28)34)16-7-3-2-4-8-16/h2-9H,10-13H2,1H3,(H2,28,34)(H,29,30,31,32). The zero-order chi connectivity index (χ0) is 24.6. The summed E-state index contributed by atoms with van der Waals surface area (Å²) >= 11 is 6.52. The van der Waals surface area contributed by atoms with E-state index in [1.807, 2.05) is 60.4 Å². The molecule has 4 aromatic rings. The number of hydrogen-bond donors (Lipinski definition) is 2. The number of nitriles is 1. The highest BCUT2D eigenvalue weighted by molar-refractivity contribution is 6.34. The number of piperidine rings is 1. The topological polar surface area (TPSA) is 134 Å². The van der Waals surface area contributed by atoms with Gasteiger partial charge in [0.25, 0.3) is 0 Å². The molecule has 10 heteroatoms. The quantitative estimate of drug-likeness (QED) is 0.434. The third-order valence-electron chi connectivity index (χ3n) is 6.42. The van der Waals surface area contributed by atoms with E-state index in [4.69, 9.17) is 22.1 Å². The predicted octanol–water partition coefficient (Wildman–Crippen LogP) is 4.44. The lowest BCUT2D eigenvalue weighted by molar-refractivity contribution is -0.00679. The lowest BCUT2D eigenvalue weighted by Gasteiger charge is -2.41. The van der Waals surface area contributed by atoms with Gasteiger partial charge in [-0.3, -0.25) is 5.10 Å². The minimum atomic E-state index is -0.826. The Morgan fingerprint density at radius 2 is 1.91 bits per heavy atom. The Labute approximate surface area is 206 Å². The molecule has 35 heavy (non-hydrogen) atoms. The number of aromatic nitrogens is 4. The van der Waals surface area contributed by atoms with Crippen LogP contribution in [0.15, 0.2) is 48.5 Å². The van der Waals surface area contributed by atoms with Gasteiger partial charge in [0.05, 0.1) is 16.1 Å². The molecular weight excluding hydrogens is 466 g/mol. The van der Waals surface area contributed by atoms with Crippen molar-refractivity contribution in [2.45, 2.75) is 25.4 Å². The number of ether oxygens (including phenoxy) is 1. The molecule has 0 spiro atoms. The number of amides is 1. The number of fused-ring (bicyclic) bond motifs is 1. The predicted molar refractivity (Wildman–Crippen MR) is 132 cm³/mol. The molecule has 1 saturated heterocycles. The second kappa shape index (κ2) is 8.89. The minimum absolute atomic E-state index is 0.208. The normalized spacial score (nSPS) is 15.1. The van der Waals surface area contributed by atoms with Crippen LogP contribution in [0.1, 0.15) is 29.7 Å². The fourth-order valence-electron chi connectivity index (χ4n) is 4.62. The number of H-pyrrole nitrogens is 1. The highest BCUT2D eigenvalue weighted by Gasteiger charge is 2.40. The van der Waals surface area contributed by atoms with Gasteiger partial charge in [-0.05, 0) is 18.1 Å². The summed E-state index contributed by atoms with van der Waals surface area (Å²) in [6, 6.07) is 17.4. The summed E-state index contributed by atoms with van der Waals surface area (Å²) in [5.74, 6) is 0.392. The molecular formula is C25H22ClN7O2. The molecule has 3 heterocycles. The van der Waals surface area contributed by atoms with Gasteiger partial charge in [-0.2, -0.15) is 15.3 Å². The van der Waals surface area contributed by atoms with Crippen molar-refractivity contribution in [1.82, 2.24) is 20.2 Å². The largest absolute Gasteiger partial charge is 0.438 e.